The van der Waals surface area contributed by atoms with E-state index in [0.717, 1.165) is 10.8 Å². The molecule has 5 heteroatoms. The monoisotopic (exact) mass is 384 g/mol. The second kappa shape index (κ2) is 5.20. The zero-order valence-corrected chi connectivity index (χ0v) is 13.6. The van der Waals surface area contributed by atoms with Gasteiger partial charge in [-0.05, 0) is 0 Å². The Morgan fingerprint density at radius 1 is 0.700 bits per heavy atom. The number of fused-ring (bicyclic) bond motifs is 1. The molecule has 0 aliphatic carbocycles. The maximum atomic E-state index is 6.14. The van der Waals surface area contributed by atoms with Crippen molar-refractivity contribution in [3.05, 3.63) is 21.8 Å². The molecule has 0 spiro atoms. The second-order valence-corrected chi connectivity index (χ2v) is 11.2. The molecule has 4 nitrogen and oxygen atoms in total. The van der Waals surface area contributed by atoms with E-state index in [1.165, 1.54) is 31.7 Å². The van der Waals surface area contributed by atoms with Crippen molar-refractivity contribution < 1.29 is 0 Å². The first-order valence-corrected chi connectivity index (χ1v) is 11.0. The van der Waals surface area contributed by atoms with E-state index >= 15 is 0 Å². The number of hydrogen-bond donors (Lipinski definition) is 4. The van der Waals surface area contributed by atoms with Gasteiger partial charge in [0.15, 0.2) is 0 Å². The van der Waals surface area contributed by atoms with Crippen LogP contribution in [0.25, 0.3) is 10.8 Å². The Kier molecular flexibility index (Phi) is 3.54. The fraction of sp³-hybridized carbons (Fsp3) is 0.333. The van der Waals surface area contributed by atoms with Crippen LogP contribution in [0.3, 0.4) is 0 Å². The van der Waals surface area contributed by atoms with Crippen molar-refractivity contribution in [2.24, 2.45) is 0 Å². The summed E-state index contributed by atoms with van der Waals surface area (Å²) in [6.07, 6.45) is 4.15. The predicted molar refractivity (Wildman–Crippen MR) is 97.9 cm³/mol. The van der Waals surface area contributed by atoms with Crippen molar-refractivity contribution in [1.29, 1.82) is 0 Å². The minimum absolute atomic E-state index is 0.402. The zero-order valence-electron chi connectivity index (χ0n) is 11.5. The molecule has 0 amide bonds. The maximum absolute atomic E-state index is 6.14. The Labute approximate surface area is 126 Å². The quantitative estimate of drug-likeness (QED) is 0.345. The van der Waals surface area contributed by atoms with E-state index in [9.17, 15) is 0 Å². The Hall–Kier alpha value is -1.37. The summed E-state index contributed by atoms with van der Waals surface area (Å²) < 4.78 is 4.32. The number of anilines is 4. The van der Waals surface area contributed by atoms with Crippen molar-refractivity contribution in [2.45, 2.75) is 19.3 Å². The summed E-state index contributed by atoms with van der Waals surface area (Å²) in [6.45, 7) is 0. The van der Waals surface area contributed by atoms with Gasteiger partial charge in [-0.2, -0.15) is 0 Å². The summed E-state index contributed by atoms with van der Waals surface area (Å²) in [4.78, 5) is 0. The van der Waals surface area contributed by atoms with Crippen molar-refractivity contribution in [2.75, 3.05) is 31.8 Å². The summed E-state index contributed by atoms with van der Waals surface area (Å²) in [7, 11) is 0. The van der Waals surface area contributed by atoms with Crippen LogP contribution in [-0.4, -0.2) is 8.86 Å². The third-order valence-corrected chi connectivity index (χ3v) is 10.5. The zero-order chi connectivity index (χ0) is 14.3. The predicted octanol–water partition coefficient (Wildman–Crippen LogP) is 3.03. The molecule has 3 rings (SSSR count). The molecule has 1 saturated heterocycles. The molecule has 1 aliphatic heterocycles. The molecular formula is C15H21IN4. The van der Waals surface area contributed by atoms with Crippen LogP contribution >= 0.6 is 19.8 Å². The third-order valence-electron chi connectivity index (χ3n) is 3.96. The molecule has 0 aromatic heterocycles. The van der Waals surface area contributed by atoms with E-state index in [2.05, 4.69) is 18.2 Å². The molecule has 2 aromatic rings. The fourth-order valence-electron chi connectivity index (χ4n) is 2.72. The summed E-state index contributed by atoms with van der Waals surface area (Å²) in [5, 5.41) is 1.89. The number of halogens is 1. The summed E-state index contributed by atoms with van der Waals surface area (Å²) in [5.74, 6) is 0. The Balaban J connectivity index is 2.15. The van der Waals surface area contributed by atoms with E-state index in [4.69, 9.17) is 22.9 Å². The van der Waals surface area contributed by atoms with Crippen molar-refractivity contribution in [3.8, 4) is 0 Å². The molecular weight excluding hydrogens is 363 g/mol. The number of benzene rings is 2. The molecule has 0 bridgehead atoms. The molecule has 8 N–H and O–H groups in total. The van der Waals surface area contributed by atoms with Crippen LogP contribution in [0.2, 0.25) is 0 Å². The van der Waals surface area contributed by atoms with Gasteiger partial charge in [0.1, 0.15) is 0 Å². The molecule has 0 radical (unpaired) electrons. The van der Waals surface area contributed by atoms with Crippen LogP contribution in [0.15, 0.2) is 18.2 Å². The van der Waals surface area contributed by atoms with Crippen LogP contribution in [0.4, 0.5) is 22.7 Å². The Bertz CT molecular complexity index is 663. The fourth-order valence-corrected chi connectivity index (χ4v) is 8.87. The molecule has 0 unspecified atom stereocenters. The van der Waals surface area contributed by atoms with Crippen molar-refractivity contribution >= 4 is 53.3 Å². The van der Waals surface area contributed by atoms with Crippen LogP contribution in [-0.2, 0) is 0 Å². The number of nitrogens with two attached hydrogens (primary N) is 4. The molecule has 2 aromatic carbocycles. The van der Waals surface area contributed by atoms with Crippen molar-refractivity contribution in [3.63, 3.8) is 0 Å². The van der Waals surface area contributed by atoms with E-state index in [1.54, 1.807) is 0 Å². The first-order chi connectivity index (χ1) is 9.59. The molecule has 0 atom stereocenters. The van der Waals surface area contributed by atoms with Gasteiger partial charge in [0.25, 0.3) is 0 Å². The number of nitrogen functional groups attached to an aromatic ring is 4. The molecule has 0 saturated carbocycles. The SMILES string of the molecule is Nc1c(N)c(N)c2cc(I3CCCCC3)ccc2c1N. The standard InChI is InChI=1S/C15H21IN4/c17-12-10-5-4-9(16-6-2-1-3-7-16)8-11(10)13(18)15(20)14(12)19/h4-5,8H,1-3,6-7,17-20H2. The van der Waals surface area contributed by atoms with Crippen LogP contribution in [0.5, 0.6) is 0 Å². The second-order valence-electron chi connectivity index (χ2n) is 5.24. The van der Waals surface area contributed by atoms with E-state index < -0.39 is 19.8 Å². The van der Waals surface area contributed by atoms with Gasteiger partial charge in [0.2, 0.25) is 0 Å². The number of alkyl halides is 2. The van der Waals surface area contributed by atoms with Gasteiger partial charge in [-0.15, -0.1) is 0 Å². The van der Waals surface area contributed by atoms with Gasteiger partial charge in [-0.3, -0.25) is 0 Å². The topological polar surface area (TPSA) is 104 Å². The van der Waals surface area contributed by atoms with Gasteiger partial charge < -0.3 is 0 Å². The van der Waals surface area contributed by atoms with Crippen LogP contribution in [0.1, 0.15) is 19.3 Å². The van der Waals surface area contributed by atoms with E-state index in [0.29, 0.717) is 22.7 Å². The number of hydrogen-bond acceptors (Lipinski definition) is 4. The normalized spacial score (nSPS) is 17.5. The summed E-state index contributed by atoms with van der Waals surface area (Å²) in [6, 6.07) is 6.51. The number of rotatable bonds is 1. The average molecular weight is 384 g/mol. The first kappa shape index (κ1) is 13.6. The molecule has 1 aliphatic rings. The van der Waals surface area contributed by atoms with Crippen LogP contribution in [0, 0.1) is 3.57 Å². The molecule has 1 heterocycles. The summed E-state index contributed by atoms with van der Waals surface area (Å²) >= 11 is -1.01. The molecule has 1 fully saturated rings. The van der Waals surface area contributed by atoms with Gasteiger partial charge >= 0.3 is 126 Å². The minimum atomic E-state index is -1.01. The van der Waals surface area contributed by atoms with Gasteiger partial charge in [0.05, 0.1) is 0 Å². The average Bonchev–Trinajstić information content (AvgIpc) is 2.51. The van der Waals surface area contributed by atoms with Gasteiger partial charge in [0, 0.05) is 0 Å². The molecule has 20 heavy (non-hydrogen) atoms. The van der Waals surface area contributed by atoms with E-state index in [-0.39, 0.29) is 0 Å². The van der Waals surface area contributed by atoms with Crippen LogP contribution < -0.4 is 22.9 Å². The summed E-state index contributed by atoms with van der Waals surface area (Å²) in [5.41, 5.74) is 26.0. The van der Waals surface area contributed by atoms with E-state index in [1.807, 2.05) is 0 Å². The molecule has 108 valence electrons. The Morgan fingerprint density at radius 2 is 1.30 bits per heavy atom. The third kappa shape index (κ3) is 2.13. The van der Waals surface area contributed by atoms with Gasteiger partial charge in [-0.1, -0.05) is 0 Å². The van der Waals surface area contributed by atoms with Gasteiger partial charge in [-0.25, -0.2) is 0 Å². The first-order valence-electron chi connectivity index (χ1n) is 6.87. The Morgan fingerprint density at radius 3 is 1.95 bits per heavy atom. The van der Waals surface area contributed by atoms with Crippen molar-refractivity contribution in [1.82, 2.24) is 0 Å².